The first-order valence-electron chi connectivity index (χ1n) is 7.74. The average molecular weight is 343 g/mol. The Bertz CT molecular complexity index is 584. The Morgan fingerprint density at radius 3 is 2.61 bits per heavy atom. The molecule has 2 rings (SSSR count). The standard InChI is InChI=1S/C15H24ClN5O2/c1-9-5-6-10(18-14(22)23)8-21(9,15(2,3)4)12-7-11(16)19-13(17)20-12/h7,9-10,18H,5-6,8H2,1-4H3,(H2-,17,19,20,22,23)/p+1. The molecule has 4 N–H and O–H groups in total. The van der Waals surface area contributed by atoms with Crippen LogP contribution in [0.1, 0.15) is 40.5 Å². The van der Waals surface area contributed by atoms with Crippen LogP contribution in [0.25, 0.3) is 0 Å². The number of nitrogens with one attached hydrogen (secondary N) is 1. The molecular weight excluding hydrogens is 318 g/mol. The van der Waals surface area contributed by atoms with Crippen molar-refractivity contribution in [1.82, 2.24) is 19.8 Å². The molecule has 0 aliphatic carbocycles. The number of anilines is 1. The first-order chi connectivity index (χ1) is 10.6. The van der Waals surface area contributed by atoms with Gasteiger partial charge in [0, 0.05) is 6.42 Å². The number of nitrogens with two attached hydrogens (primary N) is 1. The second-order valence-corrected chi connectivity index (χ2v) is 7.59. The Hall–Kier alpha value is -1.60. The monoisotopic (exact) mass is 342 g/mol. The van der Waals surface area contributed by atoms with E-state index in [4.69, 9.17) is 22.4 Å². The Labute approximate surface area is 141 Å². The number of carboxylic acid groups (broad SMARTS) is 1. The van der Waals surface area contributed by atoms with E-state index in [1.54, 1.807) is 6.07 Å². The van der Waals surface area contributed by atoms with Crippen LogP contribution in [-0.4, -0.2) is 45.3 Å². The van der Waals surface area contributed by atoms with Gasteiger partial charge in [0.2, 0.25) is 11.8 Å². The highest BCUT2D eigenvalue weighted by atomic mass is 35.5. The highest BCUT2D eigenvalue weighted by Crippen LogP contribution is 2.40. The van der Waals surface area contributed by atoms with Crippen molar-refractivity contribution < 1.29 is 9.90 Å². The molecule has 1 amide bonds. The number of piperidine rings is 1. The molecule has 3 unspecified atom stereocenters. The molecule has 8 heteroatoms. The molecule has 2 heterocycles. The van der Waals surface area contributed by atoms with Gasteiger partial charge in [-0.2, -0.15) is 4.98 Å². The average Bonchev–Trinajstić information content (AvgIpc) is 2.37. The number of nitrogen functional groups attached to an aromatic ring is 1. The molecule has 128 valence electrons. The lowest BCUT2D eigenvalue weighted by Crippen LogP contribution is -2.72. The molecular formula is C15H25ClN5O2+. The quantitative estimate of drug-likeness (QED) is 0.566. The summed E-state index contributed by atoms with van der Waals surface area (Å²) >= 11 is 6.10. The summed E-state index contributed by atoms with van der Waals surface area (Å²) < 4.78 is 0.504. The molecule has 1 fully saturated rings. The van der Waals surface area contributed by atoms with Crippen molar-refractivity contribution in [2.24, 2.45) is 0 Å². The van der Waals surface area contributed by atoms with E-state index < -0.39 is 6.09 Å². The minimum absolute atomic E-state index is 0.134. The number of quaternary nitrogens is 1. The van der Waals surface area contributed by atoms with Crippen LogP contribution in [0.5, 0.6) is 0 Å². The molecule has 1 aromatic heterocycles. The molecule has 0 radical (unpaired) electrons. The number of halogens is 1. The van der Waals surface area contributed by atoms with E-state index in [0.29, 0.717) is 16.2 Å². The van der Waals surface area contributed by atoms with Crippen LogP contribution in [0.15, 0.2) is 6.07 Å². The summed E-state index contributed by atoms with van der Waals surface area (Å²) in [6.45, 7) is 9.13. The minimum atomic E-state index is -1.00. The van der Waals surface area contributed by atoms with Crippen LogP contribution in [0, 0.1) is 0 Å². The largest absolute Gasteiger partial charge is 0.465 e. The molecule has 0 spiro atoms. The van der Waals surface area contributed by atoms with Gasteiger partial charge in [-0.15, -0.1) is 0 Å². The van der Waals surface area contributed by atoms with Crippen molar-refractivity contribution in [2.45, 2.75) is 58.2 Å². The highest BCUT2D eigenvalue weighted by Gasteiger charge is 2.52. The SMILES string of the molecule is CC1CCC(NC(=O)O)C[N+]1(c1cc(Cl)nc(N)n1)C(C)(C)C. The maximum absolute atomic E-state index is 11.1. The van der Waals surface area contributed by atoms with E-state index >= 15 is 0 Å². The summed E-state index contributed by atoms with van der Waals surface area (Å²) in [7, 11) is 0. The van der Waals surface area contributed by atoms with Gasteiger partial charge < -0.3 is 16.2 Å². The van der Waals surface area contributed by atoms with E-state index in [2.05, 4.69) is 43.0 Å². The van der Waals surface area contributed by atoms with Crippen molar-refractivity contribution in [3.8, 4) is 0 Å². The molecule has 7 nitrogen and oxygen atoms in total. The van der Waals surface area contributed by atoms with E-state index in [9.17, 15) is 4.79 Å². The van der Waals surface area contributed by atoms with Crippen molar-refractivity contribution in [3.05, 3.63) is 11.2 Å². The van der Waals surface area contributed by atoms with Gasteiger partial charge in [-0.25, -0.2) is 9.78 Å². The number of amides is 1. The summed E-state index contributed by atoms with van der Waals surface area (Å²) in [5.41, 5.74) is 5.60. The molecule has 1 aliphatic heterocycles. The van der Waals surface area contributed by atoms with E-state index in [1.807, 2.05) is 0 Å². The first kappa shape index (κ1) is 17.7. The van der Waals surface area contributed by atoms with E-state index in [-0.39, 0.29) is 23.6 Å². The van der Waals surface area contributed by atoms with Gasteiger partial charge >= 0.3 is 6.09 Å². The summed E-state index contributed by atoms with van der Waals surface area (Å²) in [4.78, 5) is 19.5. The van der Waals surface area contributed by atoms with E-state index in [1.165, 1.54) is 0 Å². The van der Waals surface area contributed by atoms with Crippen LogP contribution in [-0.2, 0) is 0 Å². The third-order valence-electron chi connectivity index (χ3n) is 4.83. The number of rotatable bonds is 2. The second-order valence-electron chi connectivity index (χ2n) is 7.20. The molecule has 0 saturated carbocycles. The maximum Gasteiger partial charge on any atom is 0.405 e. The normalized spacial score (nSPS) is 28.4. The number of hydrogen-bond donors (Lipinski definition) is 3. The minimum Gasteiger partial charge on any atom is -0.465 e. The fourth-order valence-electron chi connectivity index (χ4n) is 3.80. The van der Waals surface area contributed by atoms with Crippen molar-refractivity contribution in [2.75, 3.05) is 12.3 Å². The molecule has 23 heavy (non-hydrogen) atoms. The Morgan fingerprint density at radius 2 is 2.09 bits per heavy atom. The lowest BCUT2D eigenvalue weighted by Gasteiger charge is -2.55. The second kappa shape index (κ2) is 6.13. The zero-order valence-electron chi connectivity index (χ0n) is 14.0. The van der Waals surface area contributed by atoms with Gasteiger partial charge in [0.1, 0.15) is 11.7 Å². The smallest absolute Gasteiger partial charge is 0.405 e. The Morgan fingerprint density at radius 1 is 1.43 bits per heavy atom. The molecule has 1 aliphatic rings. The molecule has 1 saturated heterocycles. The third-order valence-corrected chi connectivity index (χ3v) is 5.02. The van der Waals surface area contributed by atoms with E-state index in [0.717, 1.165) is 18.7 Å². The molecule has 0 bridgehead atoms. The third kappa shape index (κ3) is 3.35. The highest BCUT2D eigenvalue weighted by molar-refractivity contribution is 6.29. The maximum atomic E-state index is 11.1. The number of hydrogen-bond acceptors (Lipinski definition) is 4. The van der Waals surface area contributed by atoms with Crippen LogP contribution in [0.3, 0.4) is 0 Å². The van der Waals surface area contributed by atoms with Gasteiger partial charge in [0.15, 0.2) is 0 Å². The van der Waals surface area contributed by atoms with Gasteiger partial charge in [-0.05, 0) is 34.1 Å². The number of nitrogens with zero attached hydrogens (tertiary/aromatic N) is 3. The summed E-state index contributed by atoms with van der Waals surface area (Å²) in [6, 6.07) is 1.85. The van der Waals surface area contributed by atoms with Crippen LogP contribution in [0.4, 0.5) is 16.6 Å². The number of likely N-dealkylation sites (tertiary alicyclic amines) is 1. The van der Waals surface area contributed by atoms with Gasteiger partial charge in [0.25, 0.3) is 0 Å². The summed E-state index contributed by atoms with van der Waals surface area (Å²) in [5, 5.41) is 12.0. The lowest BCUT2D eigenvalue weighted by atomic mass is 9.87. The van der Waals surface area contributed by atoms with Gasteiger partial charge in [0.05, 0.1) is 23.7 Å². The zero-order valence-corrected chi connectivity index (χ0v) is 14.8. The van der Waals surface area contributed by atoms with Crippen molar-refractivity contribution in [1.29, 1.82) is 0 Å². The predicted molar refractivity (Wildman–Crippen MR) is 91.5 cm³/mol. The number of aromatic nitrogens is 2. The predicted octanol–water partition coefficient (Wildman–Crippen LogP) is 2.64. The molecule has 3 atom stereocenters. The fraction of sp³-hybridized carbons (Fsp3) is 0.667. The summed E-state index contributed by atoms with van der Waals surface area (Å²) in [5.74, 6) is 0.870. The topological polar surface area (TPSA) is 101 Å². The van der Waals surface area contributed by atoms with Crippen LogP contribution in [0.2, 0.25) is 5.15 Å². The Kier molecular flexibility index (Phi) is 4.73. The zero-order chi connectivity index (χ0) is 17.4. The van der Waals surface area contributed by atoms with Crippen molar-refractivity contribution >= 4 is 29.5 Å². The van der Waals surface area contributed by atoms with Crippen molar-refractivity contribution in [3.63, 3.8) is 0 Å². The molecule has 0 aromatic carbocycles. The molecule has 1 aromatic rings. The van der Waals surface area contributed by atoms with Gasteiger partial charge in [-0.1, -0.05) is 11.6 Å². The number of carbonyl (C=O) groups is 1. The first-order valence-corrected chi connectivity index (χ1v) is 8.12. The van der Waals surface area contributed by atoms with Gasteiger partial charge in [-0.3, -0.25) is 4.48 Å². The summed E-state index contributed by atoms with van der Waals surface area (Å²) in [6.07, 6.45) is 0.679. The van der Waals surface area contributed by atoms with Crippen LogP contribution < -0.4 is 15.5 Å². The van der Waals surface area contributed by atoms with Crippen LogP contribution >= 0.6 is 11.6 Å². The lowest BCUT2D eigenvalue weighted by molar-refractivity contribution is 0.0465. The fourth-order valence-corrected chi connectivity index (χ4v) is 3.98. The Balaban J connectivity index is 2.55.